The molecule has 0 bridgehead atoms. The lowest BCUT2D eigenvalue weighted by Gasteiger charge is -2.00. The highest BCUT2D eigenvalue weighted by Gasteiger charge is 1.96. The van der Waals surface area contributed by atoms with Gasteiger partial charge >= 0.3 is 0 Å². The predicted molar refractivity (Wildman–Crippen MR) is 50.7 cm³/mol. The minimum atomic E-state index is 0.481. The van der Waals surface area contributed by atoms with E-state index in [0.29, 0.717) is 6.61 Å². The van der Waals surface area contributed by atoms with Crippen LogP contribution in [0.25, 0.3) is 0 Å². The maximum Gasteiger partial charge on any atom is 0.174 e. The first-order valence-corrected chi connectivity index (χ1v) is 4.74. The molecule has 0 N–H and O–H groups in total. The number of hydrogen-bond donors (Lipinski definition) is 0. The summed E-state index contributed by atoms with van der Waals surface area (Å²) in [6.07, 6.45) is 5.01. The average molecular weight is 192 g/mol. The van der Waals surface area contributed by atoms with Crippen LogP contribution in [0, 0.1) is 0 Å². The van der Waals surface area contributed by atoms with Gasteiger partial charge < -0.3 is 4.74 Å². The minimum absolute atomic E-state index is 0.481. The van der Waals surface area contributed by atoms with Crippen molar-refractivity contribution < 1.29 is 4.74 Å². The van der Waals surface area contributed by atoms with Crippen LogP contribution < -0.4 is 4.74 Å². The van der Waals surface area contributed by atoms with Crippen molar-refractivity contribution >= 4 is 11.3 Å². The van der Waals surface area contributed by atoms with Gasteiger partial charge in [0.1, 0.15) is 6.61 Å². The molecule has 0 atom stereocenters. The first-order valence-electron chi connectivity index (χ1n) is 3.86. The lowest BCUT2D eigenvalue weighted by molar-refractivity contribution is 0.310. The lowest BCUT2D eigenvalue weighted by atomic mass is 10.5. The first-order chi connectivity index (χ1) is 6.45. The zero-order valence-corrected chi connectivity index (χ0v) is 7.70. The van der Waals surface area contributed by atoms with Gasteiger partial charge in [0, 0.05) is 12.4 Å². The Morgan fingerprint density at radius 1 is 1.38 bits per heavy atom. The molecule has 0 aliphatic rings. The zero-order valence-electron chi connectivity index (χ0n) is 6.88. The first kappa shape index (κ1) is 8.19. The van der Waals surface area contributed by atoms with Gasteiger partial charge in [-0.3, -0.25) is 9.97 Å². The normalized spacial score (nSPS) is 9.85. The molecule has 0 spiro atoms. The van der Waals surface area contributed by atoms with Crippen molar-refractivity contribution in [2.24, 2.45) is 0 Å². The van der Waals surface area contributed by atoms with Gasteiger partial charge in [-0.15, -0.1) is 11.3 Å². The number of rotatable bonds is 3. The van der Waals surface area contributed by atoms with E-state index in [-0.39, 0.29) is 0 Å². The highest BCUT2D eigenvalue weighted by atomic mass is 32.1. The third-order valence-corrected chi connectivity index (χ3v) is 2.25. The Morgan fingerprint density at radius 3 is 3.08 bits per heavy atom. The standard InChI is InChI=1S/C9H8N2OS/c1-2-9(13-5-1)12-7-8-6-10-3-4-11-8/h1-6H,7H2. The molecule has 0 saturated carbocycles. The van der Waals surface area contributed by atoms with Gasteiger partial charge in [0.2, 0.25) is 0 Å². The van der Waals surface area contributed by atoms with Crippen LogP contribution in [0.2, 0.25) is 0 Å². The van der Waals surface area contributed by atoms with E-state index >= 15 is 0 Å². The third kappa shape index (κ3) is 2.26. The monoisotopic (exact) mass is 192 g/mol. The fourth-order valence-electron chi connectivity index (χ4n) is 0.895. The second-order valence-electron chi connectivity index (χ2n) is 2.42. The second-order valence-corrected chi connectivity index (χ2v) is 3.33. The fourth-order valence-corrected chi connectivity index (χ4v) is 1.47. The van der Waals surface area contributed by atoms with Crippen LogP contribution in [-0.2, 0) is 6.61 Å². The molecule has 13 heavy (non-hydrogen) atoms. The van der Waals surface area contributed by atoms with Crippen LogP contribution in [0.5, 0.6) is 5.06 Å². The third-order valence-electron chi connectivity index (χ3n) is 1.47. The van der Waals surface area contributed by atoms with Gasteiger partial charge in [-0.05, 0) is 17.5 Å². The topological polar surface area (TPSA) is 35.0 Å². The summed E-state index contributed by atoms with van der Waals surface area (Å²) < 4.78 is 5.45. The maximum absolute atomic E-state index is 5.45. The van der Waals surface area contributed by atoms with E-state index in [2.05, 4.69) is 9.97 Å². The van der Waals surface area contributed by atoms with Crippen molar-refractivity contribution in [3.8, 4) is 5.06 Å². The fraction of sp³-hybridized carbons (Fsp3) is 0.111. The second kappa shape index (κ2) is 4.00. The Hall–Kier alpha value is -1.42. The molecule has 0 unspecified atom stereocenters. The summed E-state index contributed by atoms with van der Waals surface area (Å²) in [6.45, 7) is 0.481. The molecule has 0 aromatic carbocycles. The maximum atomic E-state index is 5.45. The smallest absolute Gasteiger partial charge is 0.174 e. The molecule has 2 rings (SSSR count). The van der Waals surface area contributed by atoms with Crippen LogP contribution in [0.4, 0.5) is 0 Å². The summed E-state index contributed by atoms with van der Waals surface area (Å²) in [4.78, 5) is 8.04. The number of thiophene rings is 1. The lowest BCUT2D eigenvalue weighted by Crippen LogP contribution is -1.96. The molecule has 2 aromatic heterocycles. The Labute approximate surface area is 80.0 Å². The van der Waals surface area contributed by atoms with Gasteiger partial charge in [0.05, 0.1) is 11.9 Å². The summed E-state index contributed by atoms with van der Waals surface area (Å²) >= 11 is 1.57. The number of aromatic nitrogens is 2. The highest BCUT2D eigenvalue weighted by molar-refractivity contribution is 7.11. The van der Waals surface area contributed by atoms with E-state index < -0.39 is 0 Å². The minimum Gasteiger partial charge on any atom is -0.478 e. The van der Waals surface area contributed by atoms with Gasteiger partial charge in [-0.25, -0.2) is 0 Å². The quantitative estimate of drug-likeness (QED) is 0.747. The van der Waals surface area contributed by atoms with Crippen LogP contribution in [-0.4, -0.2) is 9.97 Å². The van der Waals surface area contributed by atoms with E-state index in [0.717, 1.165) is 10.8 Å². The Morgan fingerprint density at radius 2 is 2.38 bits per heavy atom. The number of hydrogen-bond acceptors (Lipinski definition) is 4. The van der Waals surface area contributed by atoms with E-state index in [1.54, 1.807) is 29.9 Å². The molecule has 0 aliphatic heterocycles. The van der Waals surface area contributed by atoms with E-state index in [1.807, 2.05) is 17.5 Å². The Bertz CT molecular complexity index is 347. The van der Waals surface area contributed by atoms with Crippen molar-refractivity contribution in [1.82, 2.24) is 9.97 Å². The molecule has 0 radical (unpaired) electrons. The largest absolute Gasteiger partial charge is 0.478 e. The van der Waals surface area contributed by atoms with E-state index in [1.165, 1.54) is 0 Å². The number of ether oxygens (including phenoxy) is 1. The molecule has 2 heterocycles. The molecule has 0 amide bonds. The molecule has 0 saturated heterocycles. The van der Waals surface area contributed by atoms with Crippen LogP contribution in [0.15, 0.2) is 36.1 Å². The van der Waals surface area contributed by atoms with Gasteiger partial charge in [-0.1, -0.05) is 0 Å². The average Bonchev–Trinajstić information content (AvgIpc) is 2.69. The van der Waals surface area contributed by atoms with Crippen LogP contribution in [0.1, 0.15) is 5.69 Å². The van der Waals surface area contributed by atoms with Crippen molar-refractivity contribution in [2.75, 3.05) is 0 Å². The molecular formula is C9H8N2OS. The summed E-state index contributed by atoms with van der Waals surface area (Å²) in [5.41, 5.74) is 0.843. The van der Waals surface area contributed by atoms with E-state index in [4.69, 9.17) is 4.74 Å². The zero-order chi connectivity index (χ0) is 8.93. The molecule has 2 aromatic rings. The van der Waals surface area contributed by atoms with Crippen LogP contribution in [0.3, 0.4) is 0 Å². The predicted octanol–water partition coefficient (Wildman–Crippen LogP) is 2.12. The Balaban J connectivity index is 1.94. The molecule has 66 valence electrons. The summed E-state index contributed by atoms with van der Waals surface area (Å²) in [5, 5.41) is 2.89. The molecule has 3 nitrogen and oxygen atoms in total. The summed E-state index contributed by atoms with van der Waals surface area (Å²) in [7, 11) is 0. The summed E-state index contributed by atoms with van der Waals surface area (Å²) in [5.74, 6) is 0. The SMILES string of the molecule is c1csc(OCc2cnccn2)c1. The molecule has 0 fully saturated rings. The van der Waals surface area contributed by atoms with Crippen molar-refractivity contribution in [3.05, 3.63) is 41.8 Å². The highest BCUT2D eigenvalue weighted by Crippen LogP contribution is 2.18. The van der Waals surface area contributed by atoms with Gasteiger partial charge in [-0.2, -0.15) is 0 Å². The van der Waals surface area contributed by atoms with Gasteiger partial charge in [0.25, 0.3) is 0 Å². The van der Waals surface area contributed by atoms with Crippen LogP contribution >= 0.6 is 11.3 Å². The van der Waals surface area contributed by atoms with Crippen molar-refractivity contribution in [2.45, 2.75) is 6.61 Å². The Kier molecular flexibility index (Phi) is 2.52. The van der Waals surface area contributed by atoms with Crippen molar-refractivity contribution in [1.29, 1.82) is 0 Å². The number of nitrogens with zero attached hydrogens (tertiary/aromatic N) is 2. The molecule has 4 heteroatoms. The molecule has 0 aliphatic carbocycles. The summed E-state index contributed by atoms with van der Waals surface area (Å²) in [6, 6.07) is 3.89. The van der Waals surface area contributed by atoms with E-state index in [9.17, 15) is 0 Å². The molecular weight excluding hydrogens is 184 g/mol. The van der Waals surface area contributed by atoms with Crippen molar-refractivity contribution in [3.63, 3.8) is 0 Å². The van der Waals surface area contributed by atoms with Gasteiger partial charge in [0.15, 0.2) is 5.06 Å².